The molecule has 0 bridgehead atoms. The molecule has 0 aromatic heterocycles. The fourth-order valence-electron chi connectivity index (χ4n) is 0.972. The number of benzene rings is 1. The van der Waals surface area contributed by atoms with Crippen molar-refractivity contribution < 1.29 is 21.5 Å². The van der Waals surface area contributed by atoms with E-state index < -0.39 is 21.4 Å². The summed E-state index contributed by atoms with van der Waals surface area (Å²) in [6, 6.07) is 7.68. The van der Waals surface area contributed by atoms with Crippen molar-refractivity contribution in [2.75, 3.05) is 10.2 Å². The minimum absolute atomic E-state index is 0.133. The van der Waals surface area contributed by atoms with Crippen LogP contribution in [0.25, 0.3) is 0 Å². The van der Waals surface area contributed by atoms with Gasteiger partial charge >= 0.3 is 0 Å². The van der Waals surface area contributed by atoms with Gasteiger partial charge in [-0.1, -0.05) is 18.2 Å². The quantitative estimate of drug-likeness (QED) is 0.573. The van der Waals surface area contributed by atoms with Crippen LogP contribution in [0.15, 0.2) is 30.3 Å². The molecule has 0 amide bonds. The van der Waals surface area contributed by atoms with Crippen molar-refractivity contribution in [3.05, 3.63) is 30.3 Å². The van der Waals surface area contributed by atoms with Gasteiger partial charge in [-0.3, -0.25) is 0 Å². The number of sulfonamides is 1. The minimum atomic E-state index is -3.79. The predicted octanol–water partition coefficient (Wildman–Crippen LogP) is 0.568. The highest BCUT2D eigenvalue weighted by atomic mass is 32.2. The second-order valence-electron chi connectivity index (χ2n) is 2.74. The Balaban J connectivity index is 3.12. The number of rotatable bonds is 5. The van der Waals surface area contributed by atoms with E-state index in [0.29, 0.717) is 4.47 Å². The number of hydrogen-bond acceptors (Lipinski definition) is 5. The number of hydrogen-bond donors (Lipinski definition) is 0. The first-order chi connectivity index (χ1) is 7.47. The highest BCUT2D eigenvalue weighted by molar-refractivity contribution is 7.93. The largest absolute Gasteiger partial charge is 0.748 e. The second-order valence-corrected chi connectivity index (χ2v) is 5.37. The molecular weight excluding hydrogens is 254 g/mol. The fraction of sp³-hybridized carbons (Fsp3) is 0.250. The molecule has 0 spiro atoms. The van der Waals surface area contributed by atoms with Gasteiger partial charge in [0.1, 0.15) is 11.4 Å². The van der Waals surface area contributed by atoms with Gasteiger partial charge in [0.15, 0.2) is 0 Å². The Morgan fingerprint density at radius 3 is 2.38 bits per heavy atom. The van der Waals surface area contributed by atoms with Crippen LogP contribution >= 0.6 is 0 Å². The molecule has 0 N–H and O–H groups in total. The molecule has 1 aromatic rings. The Morgan fingerprint density at radius 1 is 1.38 bits per heavy atom. The molecule has 0 aliphatic heterocycles. The molecule has 1 atom stereocenters. The lowest BCUT2D eigenvalue weighted by molar-refractivity contribution is 0.316. The molecular formula is C8H10NO5S2-. The summed E-state index contributed by atoms with van der Waals surface area (Å²) in [6.07, 6.45) is 0. The monoisotopic (exact) mass is 264 g/mol. The van der Waals surface area contributed by atoms with Crippen LogP contribution in [0.2, 0.25) is 0 Å². The van der Waals surface area contributed by atoms with E-state index >= 15 is 0 Å². The number of anilines is 1. The van der Waals surface area contributed by atoms with Gasteiger partial charge in [0.2, 0.25) is 0 Å². The zero-order chi connectivity index (χ0) is 12.2. The molecule has 1 aromatic carbocycles. The molecule has 6 nitrogen and oxygen atoms in total. The molecule has 0 saturated carbocycles. The molecule has 0 aliphatic rings. The Hall–Kier alpha value is -0.960. The van der Waals surface area contributed by atoms with Crippen LogP contribution in [0.4, 0.5) is 5.69 Å². The number of para-hydroxylation sites is 1. The van der Waals surface area contributed by atoms with Gasteiger partial charge in [-0.15, -0.1) is 4.47 Å². The van der Waals surface area contributed by atoms with E-state index in [2.05, 4.69) is 4.28 Å². The average molecular weight is 264 g/mol. The highest BCUT2D eigenvalue weighted by Crippen LogP contribution is 2.18. The normalized spacial score (nSPS) is 13.4. The first-order valence-electron chi connectivity index (χ1n) is 4.33. The van der Waals surface area contributed by atoms with Crippen LogP contribution in [-0.4, -0.2) is 22.9 Å². The van der Waals surface area contributed by atoms with E-state index in [4.69, 9.17) is 0 Å². The Labute approximate surface area is 96.3 Å². The van der Waals surface area contributed by atoms with E-state index in [9.17, 15) is 17.2 Å². The van der Waals surface area contributed by atoms with E-state index in [-0.39, 0.29) is 11.4 Å². The molecule has 0 radical (unpaired) electrons. The molecule has 8 heteroatoms. The smallest absolute Gasteiger partial charge is 0.258 e. The zero-order valence-electron chi connectivity index (χ0n) is 8.40. The van der Waals surface area contributed by atoms with Crippen LogP contribution in [0, 0.1) is 0 Å². The highest BCUT2D eigenvalue weighted by Gasteiger charge is 2.22. The first-order valence-corrected chi connectivity index (χ1v) is 6.94. The molecule has 1 unspecified atom stereocenters. The Bertz CT molecular complexity index is 459. The van der Waals surface area contributed by atoms with Crippen LogP contribution in [-0.2, 0) is 25.7 Å². The average Bonchev–Trinajstić information content (AvgIpc) is 2.27. The van der Waals surface area contributed by atoms with Crippen LogP contribution < -0.4 is 4.47 Å². The molecule has 0 fully saturated rings. The first kappa shape index (κ1) is 13.1. The molecule has 0 saturated heterocycles. The summed E-state index contributed by atoms with van der Waals surface area (Å²) < 4.78 is 48.6. The standard InChI is InChI=1S/C8H11NO5S2/c1-2-16(12,13)9(14-15(10)11)8-6-4-3-5-7-8/h3-7H,2H2,1H3,(H,10,11)/p-1. The third kappa shape index (κ3) is 3.27. The molecule has 0 aliphatic carbocycles. The molecule has 1 rings (SSSR count). The Kier molecular flexibility index (Phi) is 4.42. The van der Waals surface area contributed by atoms with Crippen molar-refractivity contribution in [2.24, 2.45) is 0 Å². The van der Waals surface area contributed by atoms with Gasteiger partial charge in [0, 0.05) is 0 Å². The summed E-state index contributed by atoms with van der Waals surface area (Å²) in [5.41, 5.74) is 0.133. The van der Waals surface area contributed by atoms with Crippen molar-refractivity contribution >= 4 is 27.1 Å². The van der Waals surface area contributed by atoms with Crippen molar-refractivity contribution in [3.8, 4) is 0 Å². The predicted molar refractivity (Wildman–Crippen MR) is 58.4 cm³/mol. The van der Waals surface area contributed by atoms with Crippen LogP contribution in [0.1, 0.15) is 6.92 Å². The van der Waals surface area contributed by atoms with Crippen LogP contribution in [0.5, 0.6) is 0 Å². The summed E-state index contributed by atoms with van der Waals surface area (Å²) in [7, 11) is -3.79. The topological polar surface area (TPSA) is 86.7 Å². The zero-order valence-corrected chi connectivity index (χ0v) is 10.0. The lowest BCUT2D eigenvalue weighted by Crippen LogP contribution is -2.33. The van der Waals surface area contributed by atoms with Gasteiger partial charge in [0.05, 0.1) is 11.4 Å². The molecule has 0 heterocycles. The van der Waals surface area contributed by atoms with E-state index in [1.54, 1.807) is 18.2 Å². The van der Waals surface area contributed by atoms with Gasteiger partial charge in [-0.05, 0) is 19.1 Å². The van der Waals surface area contributed by atoms with Gasteiger partial charge in [-0.25, -0.2) is 12.6 Å². The summed E-state index contributed by atoms with van der Waals surface area (Å²) in [4.78, 5) is 0. The third-order valence-electron chi connectivity index (χ3n) is 1.71. The van der Waals surface area contributed by atoms with Gasteiger partial charge in [0.25, 0.3) is 10.0 Å². The van der Waals surface area contributed by atoms with Crippen LogP contribution in [0.3, 0.4) is 0 Å². The molecule has 90 valence electrons. The van der Waals surface area contributed by atoms with E-state index in [0.717, 1.165) is 0 Å². The maximum atomic E-state index is 11.6. The summed E-state index contributed by atoms with van der Waals surface area (Å²) in [5, 5.41) is 0. The summed E-state index contributed by atoms with van der Waals surface area (Å²) in [6.45, 7) is 1.39. The molecule has 16 heavy (non-hydrogen) atoms. The fourth-order valence-corrected chi connectivity index (χ4v) is 2.37. The minimum Gasteiger partial charge on any atom is -0.748 e. The van der Waals surface area contributed by atoms with Crippen molar-refractivity contribution in [2.45, 2.75) is 6.92 Å². The van der Waals surface area contributed by atoms with Gasteiger partial charge < -0.3 is 4.55 Å². The maximum Gasteiger partial charge on any atom is 0.258 e. The van der Waals surface area contributed by atoms with Crippen molar-refractivity contribution in [1.82, 2.24) is 0 Å². The Morgan fingerprint density at radius 2 is 1.94 bits per heavy atom. The lowest BCUT2D eigenvalue weighted by Gasteiger charge is -2.22. The maximum absolute atomic E-state index is 11.6. The SMILES string of the molecule is CCS(=O)(=O)N(OS(=O)[O-])c1ccccc1. The van der Waals surface area contributed by atoms with Crippen molar-refractivity contribution in [3.63, 3.8) is 0 Å². The van der Waals surface area contributed by atoms with E-state index in [1.165, 1.54) is 19.1 Å². The summed E-state index contributed by atoms with van der Waals surface area (Å²) in [5.74, 6) is -0.265. The third-order valence-corrected chi connectivity index (χ3v) is 3.60. The van der Waals surface area contributed by atoms with Crippen molar-refractivity contribution in [1.29, 1.82) is 0 Å². The summed E-state index contributed by atoms with van der Waals surface area (Å²) >= 11 is -2.95. The number of nitrogens with zero attached hydrogens (tertiary/aromatic N) is 1. The van der Waals surface area contributed by atoms with Gasteiger partial charge in [-0.2, -0.15) is 4.28 Å². The second kappa shape index (κ2) is 5.39. The lowest BCUT2D eigenvalue weighted by atomic mass is 10.3. The van der Waals surface area contributed by atoms with E-state index in [1.807, 2.05) is 0 Å².